The SMILES string of the molecule is Cc1ccc(S(=O)(=O)N(CC(=O)N(Cc2ccc(Br)cc2)C(C)C(=O)NCC(C)C)c2ccc(C)cc2C)cc1. The van der Waals surface area contributed by atoms with E-state index in [-0.39, 0.29) is 23.3 Å². The van der Waals surface area contributed by atoms with Gasteiger partial charge in [0.15, 0.2) is 0 Å². The van der Waals surface area contributed by atoms with Crippen molar-refractivity contribution in [1.82, 2.24) is 10.2 Å². The molecule has 0 saturated carbocycles. The standard InChI is InChI=1S/C31H38BrN3O4S/c1-21(2)18-33-31(37)25(6)34(19-26-10-12-27(32)13-11-26)30(36)20-35(29-16-9-23(4)17-24(29)5)40(38,39)28-14-7-22(3)8-15-28/h7-17,21,25H,18-20H2,1-6H3,(H,33,37). The highest BCUT2D eigenvalue weighted by Gasteiger charge is 2.33. The predicted molar refractivity (Wildman–Crippen MR) is 164 cm³/mol. The fourth-order valence-electron chi connectivity index (χ4n) is 4.26. The molecule has 9 heteroatoms. The number of benzene rings is 3. The van der Waals surface area contributed by atoms with E-state index in [4.69, 9.17) is 0 Å². The van der Waals surface area contributed by atoms with Crippen LogP contribution in [0.2, 0.25) is 0 Å². The minimum atomic E-state index is -4.10. The Morgan fingerprint density at radius 2 is 1.48 bits per heavy atom. The first kappa shape index (κ1) is 31.4. The van der Waals surface area contributed by atoms with Crippen LogP contribution < -0.4 is 9.62 Å². The van der Waals surface area contributed by atoms with Gasteiger partial charge in [0, 0.05) is 17.6 Å². The van der Waals surface area contributed by atoms with Crippen LogP contribution in [0.1, 0.15) is 43.0 Å². The highest BCUT2D eigenvalue weighted by Crippen LogP contribution is 2.28. The third-order valence-electron chi connectivity index (χ3n) is 6.63. The lowest BCUT2D eigenvalue weighted by molar-refractivity contribution is -0.139. The lowest BCUT2D eigenvalue weighted by Crippen LogP contribution is -2.51. The first-order valence-corrected chi connectivity index (χ1v) is 15.5. The molecule has 0 bridgehead atoms. The first-order chi connectivity index (χ1) is 18.8. The molecule has 0 radical (unpaired) electrons. The number of nitrogens with one attached hydrogen (secondary N) is 1. The number of aryl methyl sites for hydroxylation is 3. The highest BCUT2D eigenvalue weighted by atomic mass is 79.9. The Hall–Kier alpha value is -3.17. The van der Waals surface area contributed by atoms with Gasteiger partial charge in [-0.2, -0.15) is 0 Å². The maximum Gasteiger partial charge on any atom is 0.264 e. The molecule has 40 heavy (non-hydrogen) atoms. The summed E-state index contributed by atoms with van der Waals surface area (Å²) in [6.45, 7) is 11.5. The van der Waals surface area contributed by atoms with Gasteiger partial charge in [0.1, 0.15) is 12.6 Å². The molecule has 0 fully saturated rings. The molecule has 0 aliphatic rings. The Balaban J connectivity index is 2.04. The summed E-state index contributed by atoms with van der Waals surface area (Å²) in [5, 5.41) is 2.90. The second-order valence-electron chi connectivity index (χ2n) is 10.6. The van der Waals surface area contributed by atoms with Crippen LogP contribution in [0.15, 0.2) is 76.1 Å². The molecule has 0 aliphatic carbocycles. The zero-order valence-corrected chi connectivity index (χ0v) is 26.3. The number of amides is 2. The lowest BCUT2D eigenvalue weighted by atomic mass is 10.1. The monoisotopic (exact) mass is 627 g/mol. The Morgan fingerprint density at radius 3 is 2.05 bits per heavy atom. The zero-order valence-electron chi connectivity index (χ0n) is 23.9. The average molecular weight is 629 g/mol. The Morgan fingerprint density at radius 1 is 0.875 bits per heavy atom. The van der Waals surface area contributed by atoms with E-state index in [1.165, 1.54) is 4.90 Å². The van der Waals surface area contributed by atoms with Crippen molar-refractivity contribution in [2.75, 3.05) is 17.4 Å². The van der Waals surface area contributed by atoms with Crippen LogP contribution in [0.25, 0.3) is 0 Å². The molecule has 1 N–H and O–H groups in total. The number of carbonyl (C=O) groups is 2. The number of hydrogen-bond donors (Lipinski definition) is 1. The van der Waals surface area contributed by atoms with E-state index in [0.29, 0.717) is 12.2 Å². The number of rotatable bonds is 11. The minimum absolute atomic E-state index is 0.0908. The van der Waals surface area contributed by atoms with Crippen LogP contribution >= 0.6 is 15.9 Å². The normalized spacial score (nSPS) is 12.2. The summed E-state index contributed by atoms with van der Waals surface area (Å²) < 4.78 is 30.0. The molecule has 0 spiro atoms. The van der Waals surface area contributed by atoms with Crippen molar-refractivity contribution in [2.45, 2.75) is 59.0 Å². The fraction of sp³-hybridized carbons (Fsp3) is 0.355. The van der Waals surface area contributed by atoms with Crippen molar-refractivity contribution in [1.29, 1.82) is 0 Å². The van der Waals surface area contributed by atoms with Gasteiger partial charge in [0.05, 0.1) is 10.6 Å². The first-order valence-electron chi connectivity index (χ1n) is 13.3. The second-order valence-corrected chi connectivity index (χ2v) is 13.4. The number of halogens is 1. The van der Waals surface area contributed by atoms with Crippen LogP contribution in [-0.4, -0.2) is 44.3 Å². The molecule has 214 valence electrons. The largest absolute Gasteiger partial charge is 0.354 e. The number of anilines is 1. The number of nitrogens with zero attached hydrogens (tertiary/aromatic N) is 2. The number of hydrogen-bond acceptors (Lipinski definition) is 4. The van der Waals surface area contributed by atoms with E-state index in [1.807, 2.05) is 71.0 Å². The van der Waals surface area contributed by atoms with Gasteiger partial charge in [-0.3, -0.25) is 13.9 Å². The van der Waals surface area contributed by atoms with E-state index >= 15 is 0 Å². The Bertz CT molecular complexity index is 1440. The van der Waals surface area contributed by atoms with Crippen molar-refractivity contribution in [3.63, 3.8) is 0 Å². The molecular weight excluding hydrogens is 590 g/mol. The van der Waals surface area contributed by atoms with Crippen molar-refractivity contribution in [3.8, 4) is 0 Å². The molecule has 0 aromatic heterocycles. The van der Waals surface area contributed by atoms with Crippen molar-refractivity contribution >= 4 is 43.5 Å². The summed E-state index contributed by atoms with van der Waals surface area (Å²) >= 11 is 3.43. The molecular formula is C31H38BrN3O4S. The van der Waals surface area contributed by atoms with Gasteiger partial charge < -0.3 is 10.2 Å². The highest BCUT2D eigenvalue weighted by molar-refractivity contribution is 9.10. The minimum Gasteiger partial charge on any atom is -0.354 e. The second kappa shape index (κ2) is 13.5. The van der Waals surface area contributed by atoms with Crippen molar-refractivity contribution in [3.05, 3.63) is 93.5 Å². The predicted octanol–water partition coefficient (Wildman–Crippen LogP) is 5.76. The third-order valence-corrected chi connectivity index (χ3v) is 8.93. The molecule has 3 rings (SSSR count). The topological polar surface area (TPSA) is 86.8 Å². The lowest BCUT2D eigenvalue weighted by Gasteiger charge is -2.32. The van der Waals surface area contributed by atoms with Gasteiger partial charge in [-0.25, -0.2) is 8.42 Å². The molecule has 0 aliphatic heterocycles. The van der Waals surface area contributed by atoms with Gasteiger partial charge in [-0.15, -0.1) is 0 Å². The molecule has 3 aromatic carbocycles. The molecule has 1 unspecified atom stereocenters. The van der Waals surface area contributed by atoms with Gasteiger partial charge >= 0.3 is 0 Å². The third kappa shape index (κ3) is 7.95. The van der Waals surface area contributed by atoms with E-state index in [2.05, 4.69) is 21.2 Å². The summed E-state index contributed by atoms with van der Waals surface area (Å²) in [7, 11) is -4.10. The molecule has 0 heterocycles. The number of carbonyl (C=O) groups excluding carboxylic acids is 2. The summed E-state index contributed by atoms with van der Waals surface area (Å²) in [5.74, 6) is -0.532. The summed E-state index contributed by atoms with van der Waals surface area (Å²) in [6.07, 6.45) is 0. The maximum absolute atomic E-state index is 14.0. The summed E-state index contributed by atoms with van der Waals surface area (Å²) in [4.78, 5) is 28.6. The van der Waals surface area contributed by atoms with E-state index in [1.54, 1.807) is 37.3 Å². The van der Waals surface area contributed by atoms with Crippen LogP contribution in [0, 0.1) is 26.7 Å². The molecule has 3 aromatic rings. The van der Waals surface area contributed by atoms with Crippen LogP contribution in [0.5, 0.6) is 0 Å². The molecule has 7 nitrogen and oxygen atoms in total. The average Bonchev–Trinajstić information content (AvgIpc) is 2.90. The Labute approximate surface area is 246 Å². The number of sulfonamides is 1. The summed E-state index contributed by atoms with van der Waals surface area (Å²) in [6, 6.07) is 18.6. The van der Waals surface area contributed by atoms with E-state index < -0.39 is 28.5 Å². The van der Waals surface area contributed by atoms with Gasteiger partial charge in [0.25, 0.3) is 10.0 Å². The van der Waals surface area contributed by atoms with Crippen molar-refractivity contribution in [2.24, 2.45) is 5.92 Å². The summed E-state index contributed by atoms with van der Waals surface area (Å²) in [5.41, 5.74) is 3.87. The van der Waals surface area contributed by atoms with Crippen molar-refractivity contribution < 1.29 is 18.0 Å². The zero-order chi connectivity index (χ0) is 29.6. The maximum atomic E-state index is 14.0. The molecule has 2 amide bonds. The smallest absolute Gasteiger partial charge is 0.264 e. The van der Waals surface area contributed by atoms with Crippen LogP contribution in [0.3, 0.4) is 0 Å². The van der Waals surface area contributed by atoms with Gasteiger partial charge in [-0.1, -0.05) is 77.3 Å². The Kier molecular flexibility index (Phi) is 10.6. The van der Waals surface area contributed by atoms with Gasteiger partial charge in [0.2, 0.25) is 11.8 Å². The van der Waals surface area contributed by atoms with Gasteiger partial charge in [-0.05, 0) is 75.1 Å². The van der Waals surface area contributed by atoms with Crippen LogP contribution in [-0.2, 0) is 26.2 Å². The van der Waals surface area contributed by atoms with E-state index in [0.717, 1.165) is 31.0 Å². The molecule has 1 atom stereocenters. The quantitative estimate of drug-likeness (QED) is 0.293. The van der Waals surface area contributed by atoms with E-state index in [9.17, 15) is 18.0 Å². The fourth-order valence-corrected chi connectivity index (χ4v) is 6.00. The van der Waals surface area contributed by atoms with Crippen LogP contribution in [0.4, 0.5) is 5.69 Å². The molecule has 0 saturated heterocycles.